The van der Waals surface area contributed by atoms with Gasteiger partial charge in [-0.3, -0.25) is 0 Å². The van der Waals surface area contributed by atoms with Gasteiger partial charge in [0.2, 0.25) is 0 Å². The average molecular weight is 1000 g/mol. The molecule has 0 atom stereocenters. The number of benzene rings is 3. The minimum atomic E-state index is -1.07. The lowest BCUT2D eigenvalue weighted by atomic mass is 10.0. The zero-order valence-corrected chi connectivity index (χ0v) is 43.2. The van der Waals surface area contributed by atoms with Crippen LogP contribution in [0.25, 0.3) is 0 Å². The van der Waals surface area contributed by atoms with E-state index in [2.05, 4.69) is 13.2 Å². The van der Waals surface area contributed by atoms with E-state index in [0.717, 1.165) is 51.4 Å². The fourth-order valence-corrected chi connectivity index (χ4v) is 8.21. The van der Waals surface area contributed by atoms with Crippen LogP contribution in [0.5, 0.6) is 23.0 Å². The molecule has 0 spiro atoms. The van der Waals surface area contributed by atoms with Crippen LogP contribution in [0.2, 0.25) is 0 Å². The molecule has 3 aromatic rings. The Labute approximate surface area is 429 Å². The first-order valence-corrected chi connectivity index (χ1v) is 27.2. The Balaban J connectivity index is 1.17. The first-order chi connectivity index (χ1) is 35.2. The van der Waals surface area contributed by atoms with Crippen LogP contribution in [0, 0.1) is 11.6 Å². The molecule has 12 heteroatoms. The van der Waals surface area contributed by atoms with Gasteiger partial charge in [-0.1, -0.05) is 180 Å². The predicted octanol–water partition coefficient (Wildman–Crippen LogP) is 16.3. The van der Waals surface area contributed by atoms with Gasteiger partial charge in [0, 0.05) is 24.3 Å². The minimum Gasteiger partial charge on any atom is -0.494 e. The summed E-state index contributed by atoms with van der Waals surface area (Å²) in [6, 6.07) is 13.9. The summed E-state index contributed by atoms with van der Waals surface area (Å²) in [5, 5.41) is 0. The van der Waals surface area contributed by atoms with E-state index in [1.165, 1.54) is 178 Å². The van der Waals surface area contributed by atoms with Crippen molar-refractivity contribution in [3.8, 4) is 23.0 Å². The molecular formula is C60H84F2O10. The van der Waals surface area contributed by atoms with E-state index in [4.69, 9.17) is 28.4 Å². The maximum atomic E-state index is 15.0. The predicted molar refractivity (Wildman–Crippen MR) is 281 cm³/mol. The van der Waals surface area contributed by atoms with Crippen molar-refractivity contribution in [3.63, 3.8) is 0 Å². The lowest BCUT2D eigenvalue weighted by Crippen LogP contribution is -2.12. The molecular weight excluding hydrogens is 919 g/mol. The highest BCUT2D eigenvalue weighted by atomic mass is 19.1. The van der Waals surface area contributed by atoms with Gasteiger partial charge in [0.05, 0.1) is 37.6 Å². The van der Waals surface area contributed by atoms with Gasteiger partial charge >= 0.3 is 23.9 Å². The van der Waals surface area contributed by atoms with Crippen LogP contribution in [0.1, 0.15) is 213 Å². The van der Waals surface area contributed by atoms with Gasteiger partial charge in [0.1, 0.15) is 11.5 Å². The fraction of sp³-hybridized carbons (Fsp3) is 0.567. The average Bonchev–Trinajstić information content (AvgIpc) is 3.39. The Hall–Kier alpha value is -5.52. The Morgan fingerprint density at radius 2 is 0.597 bits per heavy atom. The number of hydrogen-bond acceptors (Lipinski definition) is 10. The van der Waals surface area contributed by atoms with Gasteiger partial charge in [-0.2, -0.15) is 0 Å². The third-order valence-corrected chi connectivity index (χ3v) is 12.5. The van der Waals surface area contributed by atoms with Gasteiger partial charge in [0.25, 0.3) is 0 Å². The van der Waals surface area contributed by atoms with Crippen LogP contribution in [0.15, 0.2) is 86.0 Å². The first-order valence-electron chi connectivity index (χ1n) is 27.2. The molecule has 0 aliphatic heterocycles. The highest BCUT2D eigenvalue weighted by molar-refractivity contribution is 5.92. The van der Waals surface area contributed by atoms with Crippen molar-refractivity contribution in [3.05, 3.63) is 109 Å². The van der Waals surface area contributed by atoms with Gasteiger partial charge in [-0.15, -0.1) is 0 Å². The summed E-state index contributed by atoms with van der Waals surface area (Å²) in [6.07, 6.45) is 38.1. The normalized spacial score (nSPS) is 10.9. The molecule has 0 radical (unpaired) electrons. The Morgan fingerprint density at radius 3 is 0.847 bits per heavy atom. The SMILES string of the molecule is C=CC(=O)OCCCCCCCCCCCCCCCCCOc1ccc(C(=O)Oc2cc(F)c(OC(=O)c3ccc(OCCCCCCCCCCCCCCCCCOC(=O)C=C)cc3)cc2F)cc1. The van der Waals surface area contributed by atoms with Crippen LogP contribution in [0.4, 0.5) is 8.78 Å². The molecule has 3 aromatic carbocycles. The quantitative estimate of drug-likeness (QED) is 0.0234. The lowest BCUT2D eigenvalue weighted by molar-refractivity contribution is -0.138. The fourth-order valence-electron chi connectivity index (χ4n) is 8.21. The highest BCUT2D eigenvalue weighted by Gasteiger charge is 2.19. The lowest BCUT2D eigenvalue weighted by Gasteiger charge is -2.11. The number of carbonyl (C=O) groups excluding carboxylic acids is 4. The molecule has 0 heterocycles. The summed E-state index contributed by atoms with van der Waals surface area (Å²) < 4.78 is 61.9. The molecule has 0 fully saturated rings. The van der Waals surface area contributed by atoms with Crippen molar-refractivity contribution in [2.24, 2.45) is 0 Å². The summed E-state index contributed by atoms with van der Waals surface area (Å²) >= 11 is 0. The topological polar surface area (TPSA) is 124 Å². The Bertz CT molecular complexity index is 1820. The van der Waals surface area contributed by atoms with Crippen molar-refractivity contribution in [2.75, 3.05) is 26.4 Å². The van der Waals surface area contributed by atoms with Crippen molar-refractivity contribution in [1.82, 2.24) is 0 Å². The molecule has 0 amide bonds. The van der Waals surface area contributed by atoms with Crippen molar-refractivity contribution in [1.29, 1.82) is 0 Å². The van der Waals surface area contributed by atoms with E-state index in [1.807, 2.05) is 0 Å². The molecule has 398 valence electrons. The van der Waals surface area contributed by atoms with E-state index >= 15 is 0 Å². The second-order valence-corrected chi connectivity index (χ2v) is 18.6. The standard InChI is InChI=1S/C60H84F2O10/c1-3-57(63)69-45-33-29-25-21-17-13-9-5-7-11-15-19-23-27-31-43-67-51-39-35-49(36-40-51)59(65)71-55-47-54(62)56(48-53(55)61)72-60(66)50-37-41-52(42-38-50)68-44-32-28-24-20-16-12-8-6-10-14-18-22-26-30-34-46-70-58(64)4-2/h3-4,35-42,47-48H,1-2,5-34,43-46H2. The number of hydrogen-bond donors (Lipinski definition) is 0. The number of ether oxygens (including phenoxy) is 6. The summed E-state index contributed by atoms with van der Waals surface area (Å²) in [5.41, 5.74) is 0.268. The van der Waals surface area contributed by atoms with Crippen LogP contribution >= 0.6 is 0 Å². The van der Waals surface area contributed by atoms with Crippen LogP contribution in [0.3, 0.4) is 0 Å². The summed E-state index contributed by atoms with van der Waals surface area (Å²) in [6.45, 7) is 8.88. The highest BCUT2D eigenvalue weighted by Crippen LogP contribution is 2.29. The molecule has 0 saturated carbocycles. The molecule has 0 aliphatic rings. The maximum Gasteiger partial charge on any atom is 0.343 e. The number of halogens is 2. The molecule has 0 N–H and O–H groups in total. The number of rotatable bonds is 44. The van der Waals surface area contributed by atoms with Gasteiger partial charge in [-0.05, 0) is 74.2 Å². The smallest absolute Gasteiger partial charge is 0.343 e. The summed E-state index contributed by atoms with van der Waals surface area (Å²) in [7, 11) is 0. The molecule has 3 rings (SSSR count). The second-order valence-electron chi connectivity index (χ2n) is 18.6. The van der Waals surface area contributed by atoms with Crippen molar-refractivity contribution >= 4 is 23.9 Å². The molecule has 0 unspecified atom stereocenters. The Morgan fingerprint density at radius 1 is 0.361 bits per heavy atom. The third kappa shape index (κ3) is 29.1. The number of unbranched alkanes of at least 4 members (excludes halogenated alkanes) is 28. The number of esters is 4. The zero-order chi connectivity index (χ0) is 51.7. The van der Waals surface area contributed by atoms with Gasteiger partial charge < -0.3 is 28.4 Å². The van der Waals surface area contributed by atoms with E-state index < -0.39 is 35.1 Å². The van der Waals surface area contributed by atoms with E-state index in [0.29, 0.717) is 50.1 Å². The molecule has 0 bridgehead atoms. The molecule has 10 nitrogen and oxygen atoms in total. The van der Waals surface area contributed by atoms with Crippen LogP contribution < -0.4 is 18.9 Å². The zero-order valence-electron chi connectivity index (χ0n) is 43.2. The Kier molecular flexibility index (Phi) is 33.8. The van der Waals surface area contributed by atoms with Crippen molar-refractivity contribution < 1.29 is 56.4 Å². The summed E-state index contributed by atoms with van der Waals surface area (Å²) in [5.74, 6) is -4.65. The molecule has 0 aromatic heterocycles. The van der Waals surface area contributed by atoms with Crippen LogP contribution in [-0.4, -0.2) is 50.3 Å². The largest absolute Gasteiger partial charge is 0.494 e. The van der Waals surface area contributed by atoms with E-state index in [1.54, 1.807) is 24.3 Å². The maximum absolute atomic E-state index is 15.0. The third-order valence-electron chi connectivity index (χ3n) is 12.5. The van der Waals surface area contributed by atoms with Gasteiger partial charge in [-0.25, -0.2) is 28.0 Å². The van der Waals surface area contributed by atoms with Crippen molar-refractivity contribution in [2.45, 2.75) is 193 Å². The number of carbonyl (C=O) groups is 4. The summed E-state index contributed by atoms with van der Waals surface area (Å²) in [4.78, 5) is 47.6. The molecule has 0 aliphatic carbocycles. The molecule has 72 heavy (non-hydrogen) atoms. The monoisotopic (exact) mass is 1000 g/mol. The van der Waals surface area contributed by atoms with Crippen LogP contribution in [-0.2, 0) is 19.1 Å². The minimum absolute atomic E-state index is 0.134. The molecule has 0 saturated heterocycles. The first kappa shape index (κ1) is 60.8. The van der Waals surface area contributed by atoms with E-state index in [9.17, 15) is 28.0 Å². The van der Waals surface area contributed by atoms with E-state index in [-0.39, 0.29) is 23.1 Å². The van der Waals surface area contributed by atoms with Gasteiger partial charge in [0.15, 0.2) is 23.1 Å². The second kappa shape index (κ2) is 40.0.